The van der Waals surface area contributed by atoms with Gasteiger partial charge in [-0.1, -0.05) is 131 Å². The second-order valence-electron chi connectivity index (χ2n) is 32.5. The fraction of sp³-hybridized carbons (Fsp3) is 0.347. The minimum Gasteiger partial charge on any atom is -0.437 e. The van der Waals surface area contributed by atoms with E-state index in [1.165, 1.54) is 34.8 Å². The van der Waals surface area contributed by atoms with Crippen LogP contribution in [0.1, 0.15) is 186 Å². The summed E-state index contributed by atoms with van der Waals surface area (Å²) in [5.74, 6) is 0. The lowest BCUT2D eigenvalue weighted by atomic mass is 9.86. The average molecular weight is 1480 g/mol. The number of benzene rings is 4. The molecule has 0 radical (unpaired) electrons. The maximum absolute atomic E-state index is 8.82. The molecule has 0 aliphatic carbocycles. The van der Waals surface area contributed by atoms with Crippen molar-refractivity contribution < 1.29 is 60.6 Å². The summed E-state index contributed by atoms with van der Waals surface area (Å²) in [5, 5.41) is 7.79. The van der Waals surface area contributed by atoms with Crippen LogP contribution in [0, 0.1) is 90.9 Å². The second-order valence-corrected chi connectivity index (χ2v) is 32.5. The van der Waals surface area contributed by atoms with Crippen molar-refractivity contribution in [3.63, 3.8) is 0 Å². The van der Waals surface area contributed by atoms with Crippen LogP contribution in [0.5, 0.6) is 0 Å². The predicted molar refractivity (Wildman–Crippen MR) is 453 cm³/mol. The fourth-order valence-corrected chi connectivity index (χ4v) is 14.8. The standard InChI is InChI=1S/2C25H29N2O.2C24H27N2O/c2*1-15-8-10-19-20-11-9-17(3)26-24(20)28-23(19)22(15)21-12-16(2)18(14-27(21)7)13-25(4,5)6;2*1-15-9-10-18-19-8-7-11-25-23(19)27-22(18)21(15)20-12-16(2)17(14-26(20)6)13-24(3,4)5/h2*8-12,14H,13H2,1-7H3;2*7-12,14H,13H2,1-6H3/q4*+1/i4D3,5D3,13D2;13D2;3D3,4D3,13D2;. The summed E-state index contributed by atoms with van der Waals surface area (Å²) >= 11 is 0. The molecule has 4 aromatic carbocycles. The Morgan fingerprint density at radius 1 is 0.318 bits per heavy atom. The molecule has 16 rings (SSSR count). The van der Waals surface area contributed by atoms with Crippen LogP contribution in [0.4, 0.5) is 0 Å². The highest BCUT2D eigenvalue weighted by Crippen LogP contribution is 2.43. The number of hydrogen-bond donors (Lipinski definition) is 0. The molecule has 12 heterocycles. The number of aryl methyl sites for hydroxylation is 14. The van der Waals surface area contributed by atoms with Gasteiger partial charge in [-0.2, -0.15) is 0 Å². The molecule has 0 amide bonds. The molecular formula is C98H112N8O4+4. The third-order valence-electron chi connectivity index (χ3n) is 20.0. The van der Waals surface area contributed by atoms with Crippen LogP contribution >= 0.6 is 0 Å². The van der Waals surface area contributed by atoms with Crippen LogP contribution in [0.2, 0.25) is 0 Å². The smallest absolute Gasteiger partial charge is 0.227 e. The number of nitrogens with zero attached hydrogens (tertiary/aromatic N) is 8. The summed E-state index contributed by atoms with van der Waals surface area (Å²) in [6.45, 7) is 21.8. The first-order valence-corrected chi connectivity index (χ1v) is 37.3. The van der Waals surface area contributed by atoms with Gasteiger partial charge in [0.05, 0.1) is 22.3 Å². The van der Waals surface area contributed by atoms with E-state index >= 15 is 0 Å². The molecule has 0 unspecified atom stereocenters. The minimum absolute atomic E-state index is 0.00889. The van der Waals surface area contributed by atoms with Gasteiger partial charge in [0.2, 0.25) is 45.6 Å². The molecule has 110 heavy (non-hydrogen) atoms. The van der Waals surface area contributed by atoms with Gasteiger partial charge in [0.1, 0.15) is 28.2 Å². The molecule has 0 N–H and O–H groups in total. The van der Waals surface area contributed by atoms with Crippen molar-refractivity contribution in [1.82, 2.24) is 19.9 Å². The summed E-state index contributed by atoms with van der Waals surface area (Å²) < 4.78 is 180. The van der Waals surface area contributed by atoms with Crippen LogP contribution in [-0.2, 0) is 53.7 Å². The van der Waals surface area contributed by atoms with Crippen molar-refractivity contribution in [2.24, 2.45) is 49.9 Å². The fourth-order valence-electron chi connectivity index (χ4n) is 14.8. The predicted octanol–water partition coefficient (Wildman–Crippen LogP) is 23.3. The second kappa shape index (κ2) is 29.6. The minimum atomic E-state index is -3.08. The van der Waals surface area contributed by atoms with Gasteiger partial charge in [-0.3, -0.25) is 0 Å². The maximum atomic E-state index is 8.82. The molecule has 0 saturated carbocycles. The van der Waals surface area contributed by atoms with Gasteiger partial charge in [-0.15, -0.1) is 0 Å². The zero-order valence-corrected chi connectivity index (χ0v) is 67.4. The SMILES string of the molecule is Cc1cc(-c2c(C)ccc3c2oc2ncccc23)[n+](C)cc1CC(C)(C)C.[2H]C([2H])([2H])C(C)(C([2H])([2H])[2H])C([2H])([2H])c1c[n+](C)c(-c2c(C)ccc3c2oc2nc(C)ccc23)cc1C.[2H]C([2H])([2H])C(C)(C([2H])([2H])[2H])C([2H])([2H])c1c[n+](C)c(-c2c(C)ccc3c2oc2ncccc23)cc1C.[2H]C([2H])(c1c[n+](C)c(-c2c(C)ccc3c2oc2nc(C)ccc23)cc1C)C(C)(C)C. The lowest BCUT2D eigenvalue weighted by molar-refractivity contribution is -0.661. The van der Waals surface area contributed by atoms with E-state index in [9.17, 15) is 0 Å². The first kappa shape index (κ1) is 57.4. The van der Waals surface area contributed by atoms with Gasteiger partial charge in [-0.25, -0.2) is 38.2 Å². The molecule has 12 aromatic heterocycles. The van der Waals surface area contributed by atoms with E-state index in [1.807, 2.05) is 134 Å². The van der Waals surface area contributed by atoms with Crippen molar-refractivity contribution in [3.05, 3.63) is 237 Å². The van der Waals surface area contributed by atoms with Crippen molar-refractivity contribution in [1.29, 1.82) is 0 Å². The van der Waals surface area contributed by atoms with E-state index in [0.29, 0.717) is 56.4 Å². The van der Waals surface area contributed by atoms with E-state index in [-0.39, 0.29) is 16.5 Å². The molecule has 12 heteroatoms. The Morgan fingerprint density at radius 2 is 0.591 bits per heavy atom. The Hall–Kier alpha value is -10.7. The molecule has 12 nitrogen and oxygen atoms in total. The van der Waals surface area contributed by atoms with Gasteiger partial charge in [0.15, 0.2) is 47.1 Å². The zero-order chi connectivity index (χ0) is 94.5. The normalized spacial score (nSPS) is 15.5. The lowest BCUT2D eigenvalue weighted by Crippen LogP contribution is -2.32. The molecule has 16 aromatic rings. The van der Waals surface area contributed by atoms with E-state index in [2.05, 4.69) is 128 Å². The third kappa shape index (κ3) is 16.0. The van der Waals surface area contributed by atoms with Gasteiger partial charge in [0.25, 0.3) is 0 Å². The number of pyridine rings is 8. The summed E-state index contributed by atoms with van der Waals surface area (Å²) in [4.78, 5) is 17.8. The number of fused-ring (bicyclic) bond motifs is 12. The van der Waals surface area contributed by atoms with Crippen LogP contribution in [-0.4, -0.2) is 19.9 Å². The molecule has 0 fully saturated rings. The first-order chi connectivity index (χ1) is 59.1. The lowest BCUT2D eigenvalue weighted by Gasteiger charge is -2.19. The van der Waals surface area contributed by atoms with Crippen LogP contribution in [0.25, 0.3) is 133 Å². The summed E-state index contributed by atoms with van der Waals surface area (Å²) in [5.41, 5.74) is 18.5. The van der Waals surface area contributed by atoms with Gasteiger partial charge in [-0.05, 0) is 209 Å². The number of hydrogen-bond acceptors (Lipinski definition) is 8. The van der Waals surface area contributed by atoms with E-state index < -0.39 is 62.8 Å². The van der Waals surface area contributed by atoms with Crippen molar-refractivity contribution in [2.75, 3.05) is 0 Å². The molecule has 0 aliphatic rings. The molecular weight excluding hydrogens is 1350 g/mol. The van der Waals surface area contributed by atoms with Gasteiger partial charge < -0.3 is 17.7 Å². The van der Waals surface area contributed by atoms with Crippen LogP contribution in [0.3, 0.4) is 0 Å². The highest BCUT2D eigenvalue weighted by molar-refractivity contribution is 6.12. The third-order valence-corrected chi connectivity index (χ3v) is 20.0. The van der Waals surface area contributed by atoms with Crippen molar-refractivity contribution >= 4 is 88.3 Å². The highest BCUT2D eigenvalue weighted by atomic mass is 16.4. The number of furan rings is 4. The Labute approximate surface area is 675 Å². The first-order valence-electron chi connectivity index (χ1n) is 46.3. The molecule has 0 spiro atoms. The van der Waals surface area contributed by atoms with Crippen LogP contribution in [0.15, 0.2) is 176 Å². The molecule has 0 atom stereocenters. The van der Waals surface area contributed by atoms with E-state index in [1.54, 1.807) is 61.6 Å². The Bertz CT molecular complexity index is 7060. The monoisotopic (exact) mass is 1480 g/mol. The number of aromatic nitrogens is 8. The molecule has 0 saturated heterocycles. The Morgan fingerprint density at radius 3 is 0.891 bits per heavy atom. The Balaban J connectivity index is 0.000000147. The molecule has 0 aliphatic heterocycles. The summed E-state index contributed by atoms with van der Waals surface area (Å²) in [6.07, 6.45) is 4.85. The van der Waals surface area contributed by atoms with Crippen molar-refractivity contribution in [3.8, 4) is 45.0 Å². The zero-order valence-electron chi connectivity index (χ0n) is 85.4. The topological polar surface area (TPSA) is 120 Å². The van der Waals surface area contributed by atoms with Crippen molar-refractivity contribution in [2.45, 2.75) is 178 Å². The quantitative estimate of drug-likeness (QED) is 0.138. The van der Waals surface area contributed by atoms with E-state index in [0.717, 1.165) is 142 Å². The average Bonchev–Trinajstić information content (AvgIpc) is 1.07. The van der Waals surface area contributed by atoms with Gasteiger partial charge >= 0.3 is 0 Å². The molecule has 0 bridgehead atoms. The van der Waals surface area contributed by atoms with Gasteiger partial charge in [0, 0.05) is 138 Å². The Kier molecular flexibility index (Phi) is 15.4. The summed E-state index contributed by atoms with van der Waals surface area (Å²) in [6, 6.07) is 40.1. The van der Waals surface area contributed by atoms with E-state index in [4.69, 9.17) is 42.3 Å². The van der Waals surface area contributed by atoms with Crippen LogP contribution < -0.4 is 18.3 Å². The number of rotatable bonds is 8. The highest BCUT2D eigenvalue weighted by Gasteiger charge is 2.30. The largest absolute Gasteiger partial charge is 0.437 e. The maximum Gasteiger partial charge on any atom is 0.227 e. The molecule has 564 valence electrons. The summed E-state index contributed by atoms with van der Waals surface area (Å²) in [7, 11) is 7.54.